The van der Waals surface area contributed by atoms with Gasteiger partial charge in [0.1, 0.15) is 23.0 Å². The molecule has 6 rings (SSSR count). The van der Waals surface area contributed by atoms with Gasteiger partial charge in [0.2, 0.25) is 0 Å². The number of halogens is 2. The van der Waals surface area contributed by atoms with Crippen molar-refractivity contribution in [1.29, 1.82) is 0 Å². The van der Waals surface area contributed by atoms with Gasteiger partial charge in [-0.15, -0.1) is 0 Å². The highest BCUT2D eigenvalue weighted by Gasteiger charge is 2.52. The Kier molecular flexibility index (Phi) is 7.05. The second-order valence-corrected chi connectivity index (χ2v) is 10.6. The van der Waals surface area contributed by atoms with Crippen LogP contribution in [0.15, 0.2) is 89.5 Å². The number of esters is 1. The summed E-state index contributed by atoms with van der Waals surface area (Å²) < 4.78 is 24.9. The monoisotopic (exact) mass is 567 g/mol. The van der Waals surface area contributed by atoms with E-state index in [0.717, 1.165) is 35.1 Å². The summed E-state index contributed by atoms with van der Waals surface area (Å²) >= 11 is 6.04. The zero-order valence-corrected chi connectivity index (χ0v) is 23.3. The molecule has 1 N–H and O–H groups in total. The van der Waals surface area contributed by atoms with E-state index in [4.69, 9.17) is 20.9 Å². The highest BCUT2D eigenvalue weighted by molar-refractivity contribution is 6.30. The Balaban J connectivity index is 1.22. The molecule has 0 spiro atoms. The van der Waals surface area contributed by atoms with Crippen molar-refractivity contribution in [2.24, 2.45) is 0 Å². The van der Waals surface area contributed by atoms with Crippen molar-refractivity contribution in [2.45, 2.75) is 32.1 Å². The van der Waals surface area contributed by atoms with E-state index in [1.807, 2.05) is 74.5 Å². The lowest BCUT2D eigenvalue weighted by Gasteiger charge is -2.14. The van der Waals surface area contributed by atoms with Gasteiger partial charge in [-0.25, -0.2) is 9.37 Å². The predicted octanol–water partition coefficient (Wildman–Crippen LogP) is 8.51. The number of aromatic nitrogens is 2. The molecule has 1 fully saturated rings. The minimum atomic E-state index is -0.481. The van der Waals surface area contributed by atoms with E-state index in [1.54, 1.807) is 12.1 Å². The van der Waals surface area contributed by atoms with Crippen LogP contribution in [0.2, 0.25) is 5.02 Å². The number of rotatable bonds is 8. The summed E-state index contributed by atoms with van der Waals surface area (Å²) in [5, 5.41) is 7.79. The van der Waals surface area contributed by atoms with Crippen LogP contribution in [0.25, 0.3) is 33.7 Å². The Labute approximate surface area is 242 Å². The second kappa shape index (κ2) is 10.8. The summed E-state index contributed by atoms with van der Waals surface area (Å²) in [7, 11) is 0. The maximum atomic E-state index is 13.9. The number of pyridine rings is 1. The molecule has 5 aromatic rings. The van der Waals surface area contributed by atoms with E-state index in [1.165, 1.54) is 12.1 Å². The standard InChI is InChI=1S/C33H27ClFN3O3/c1-3-40-32(39)33(15-16-33)25-13-11-22(12-14-25)21-7-9-23(10-8-21)31-30(20(2)38-41-31)37-29-6-4-5-28(36-29)24-17-26(34)19-27(35)18-24/h4-14,17-19H,3,15-16H2,1-2H3,(H,36,37). The molecule has 1 saturated carbocycles. The van der Waals surface area contributed by atoms with Crippen molar-refractivity contribution >= 4 is 29.1 Å². The molecule has 0 radical (unpaired) electrons. The molecule has 0 aliphatic heterocycles. The fourth-order valence-corrected chi connectivity index (χ4v) is 5.23. The van der Waals surface area contributed by atoms with E-state index < -0.39 is 11.2 Å². The number of hydrogen-bond acceptors (Lipinski definition) is 6. The number of ether oxygens (including phenoxy) is 1. The minimum Gasteiger partial charge on any atom is -0.465 e. The van der Waals surface area contributed by atoms with Crippen LogP contribution >= 0.6 is 11.6 Å². The number of aryl methyl sites for hydroxylation is 1. The second-order valence-electron chi connectivity index (χ2n) is 10.1. The molecule has 0 unspecified atom stereocenters. The first-order valence-electron chi connectivity index (χ1n) is 13.4. The average Bonchev–Trinajstić information content (AvgIpc) is 3.72. The third-order valence-electron chi connectivity index (χ3n) is 7.36. The van der Waals surface area contributed by atoms with E-state index in [0.29, 0.717) is 45.8 Å². The third kappa shape index (κ3) is 5.33. The first kappa shape index (κ1) is 26.7. The fraction of sp³-hybridized carbons (Fsp3) is 0.182. The summed E-state index contributed by atoms with van der Waals surface area (Å²) in [6.45, 7) is 4.07. The third-order valence-corrected chi connectivity index (χ3v) is 7.58. The Hall–Kier alpha value is -4.49. The molecule has 3 aromatic carbocycles. The van der Waals surface area contributed by atoms with Crippen LogP contribution in [0, 0.1) is 12.7 Å². The highest BCUT2D eigenvalue weighted by atomic mass is 35.5. The number of carbonyl (C=O) groups excluding carboxylic acids is 1. The number of nitrogens with one attached hydrogen (secondary N) is 1. The first-order chi connectivity index (χ1) is 19.9. The van der Waals surface area contributed by atoms with Gasteiger partial charge in [-0.1, -0.05) is 71.4 Å². The van der Waals surface area contributed by atoms with Crippen LogP contribution in [-0.2, 0) is 14.9 Å². The number of nitrogens with zero attached hydrogens (tertiary/aromatic N) is 2. The lowest BCUT2D eigenvalue weighted by molar-refractivity contribution is -0.146. The normalized spacial score (nSPS) is 13.6. The summed E-state index contributed by atoms with van der Waals surface area (Å²) in [5.74, 6) is 0.579. The highest BCUT2D eigenvalue weighted by Crippen LogP contribution is 2.49. The summed E-state index contributed by atoms with van der Waals surface area (Å²) in [6.07, 6.45) is 1.65. The smallest absolute Gasteiger partial charge is 0.316 e. The van der Waals surface area contributed by atoms with E-state index in [9.17, 15) is 9.18 Å². The molecular weight excluding hydrogens is 541 g/mol. The zero-order valence-electron chi connectivity index (χ0n) is 22.6. The van der Waals surface area contributed by atoms with Crippen molar-refractivity contribution in [3.63, 3.8) is 0 Å². The van der Waals surface area contributed by atoms with E-state index in [2.05, 4.69) is 15.5 Å². The van der Waals surface area contributed by atoms with Crippen LogP contribution in [-0.4, -0.2) is 22.7 Å². The lowest BCUT2D eigenvalue weighted by Crippen LogP contribution is -2.23. The van der Waals surface area contributed by atoms with Gasteiger partial charge in [0.15, 0.2) is 5.76 Å². The van der Waals surface area contributed by atoms with Gasteiger partial charge in [0.05, 0.1) is 17.7 Å². The SMILES string of the molecule is CCOC(=O)C1(c2ccc(-c3ccc(-c4onc(C)c4Nc4cccc(-c5cc(F)cc(Cl)c5)n4)cc3)cc2)CC1. The van der Waals surface area contributed by atoms with Crippen molar-refractivity contribution in [2.75, 3.05) is 11.9 Å². The quantitative estimate of drug-likeness (QED) is 0.189. The van der Waals surface area contributed by atoms with Crippen molar-refractivity contribution in [3.8, 4) is 33.7 Å². The van der Waals surface area contributed by atoms with Crippen LogP contribution in [0.5, 0.6) is 0 Å². The topological polar surface area (TPSA) is 77.2 Å². The number of benzene rings is 3. The Morgan fingerprint density at radius 2 is 1.66 bits per heavy atom. The summed E-state index contributed by atoms with van der Waals surface area (Å²) in [5.41, 5.74) is 5.98. The number of anilines is 2. The van der Waals surface area contributed by atoms with Gasteiger partial charge < -0.3 is 14.6 Å². The summed E-state index contributed by atoms with van der Waals surface area (Å²) in [6, 6.07) is 25.9. The Morgan fingerprint density at radius 1 is 0.976 bits per heavy atom. The Morgan fingerprint density at radius 3 is 2.32 bits per heavy atom. The van der Waals surface area contributed by atoms with Gasteiger partial charge >= 0.3 is 5.97 Å². The van der Waals surface area contributed by atoms with Crippen molar-refractivity contribution in [1.82, 2.24) is 10.1 Å². The molecule has 0 saturated heterocycles. The zero-order chi connectivity index (χ0) is 28.6. The molecule has 1 aliphatic rings. The Bertz CT molecular complexity index is 1710. The molecule has 0 bridgehead atoms. The van der Waals surface area contributed by atoms with Crippen LogP contribution < -0.4 is 5.32 Å². The molecule has 41 heavy (non-hydrogen) atoms. The van der Waals surface area contributed by atoms with Gasteiger partial charge in [-0.3, -0.25) is 4.79 Å². The maximum absolute atomic E-state index is 13.9. The summed E-state index contributed by atoms with van der Waals surface area (Å²) in [4.78, 5) is 17.1. The lowest BCUT2D eigenvalue weighted by atomic mass is 9.93. The number of carbonyl (C=O) groups is 1. The molecule has 1 aliphatic carbocycles. The molecule has 0 atom stereocenters. The molecular formula is C33H27ClFN3O3. The molecule has 6 nitrogen and oxygen atoms in total. The molecule has 0 amide bonds. The van der Waals surface area contributed by atoms with Gasteiger partial charge in [-0.2, -0.15) is 0 Å². The van der Waals surface area contributed by atoms with Gasteiger partial charge in [0.25, 0.3) is 0 Å². The first-order valence-corrected chi connectivity index (χ1v) is 13.8. The molecule has 2 heterocycles. The number of hydrogen-bond donors (Lipinski definition) is 1. The maximum Gasteiger partial charge on any atom is 0.316 e. The average molecular weight is 568 g/mol. The van der Waals surface area contributed by atoms with Crippen LogP contribution in [0.3, 0.4) is 0 Å². The van der Waals surface area contributed by atoms with Crippen LogP contribution in [0.4, 0.5) is 15.9 Å². The molecule has 2 aromatic heterocycles. The minimum absolute atomic E-state index is 0.135. The fourth-order valence-electron chi connectivity index (χ4n) is 5.01. The van der Waals surface area contributed by atoms with E-state index >= 15 is 0 Å². The largest absolute Gasteiger partial charge is 0.465 e. The van der Waals surface area contributed by atoms with Crippen molar-refractivity contribution < 1.29 is 18.4 Å². The molecule has 8 heteroatoms. The predicted molar refractivity (Wildman–Crippen MR) is 158 cm³/mol. The van der Waals surface area contributed by atoms with E-state index in [-0.39, 0.29) is 5.97 Å². The van der Waals surface area contributed by atoms with Gasteiger partial charge in [-0.05, 0) is 73.7 Å². The molecule has 206 valence electrons. The van der Waals surface area contributed by atoms with Gasteiger partial charge in [0, 0.05) is 16.1 Å². The van der Waals surface area contributed by atoms with Crippen molar-refractivity contribution in [3.05, 3.63) is 107 Å². The van der Waals surface area contributed by atoms with Crippen LogP contribution in [0.1, 0.15) is 31.0 Å².